The number of carbonyl (C=O) groups excluding carboxylic acids is 1. The monoisotopic (exact) mass is 385 g/mol. The lowest BCUT2D eigenvalue weighted by molar-refractivity contribution is -0.389. The SMILES string of the molecule is O=C(Cn1ccc([N+](=O)[O-])n1)N1CCN(S(=O)(=O)c2cccs2)CC1. The number of nitrogens with zero attached hydrogens (tertiary/aromatic N) is 5. The number of rotatable bonds is 5. The van der Waals surface area contributed by atoms with Crippen LogP contribution in [0.15, 0.2) is 34.0 Å². The van der Waals surface area contributed by atoms with Gasteiger partial charge in [-0.25, -0.2) is 8.42 Å². The minimum atomic E-state index is -3.51. The van der Waals surface area contributed by atoms with Gasteiger partial charge in [-0.1, -0.05) is 6.07 Å². The molecule has 0 unspecified atom stereocenters. The molecule has 1 fully saturated rings. The fourth-order valence-corrected chi connectivity index (χ4v) is 5.06. The number of amides is 1. The van der Waals surface area contributed by atoms with Gasteiger partial charge < -0.3 is 15.0 Å². The van der Waals surface area contributed by atoms with Crippen LogP contribution in [0.4, 0.5) is 5.82 Å². The van der Waals surface area contributed by atoms with E-state index in [1.807, 2.05) is 0 Å². The molecular weight excluding hydrogens is 370 g/mol. The van der Waals surface area contributed by atoms with Crippen LogP contribution in [0.5, 0.6) is 0 Å². The lowest BCUT2D eigenvalue weighted by atomic mass is 10.3. The second kappa shape index (κ2) is 6.90. The predicted octanol–water partition coefficient (Wildman–Crippen LogP) is 0.386. The molecule has 0 spiro atoms. The Morgan fingerprint density at radius 2 is 2.00 bits per heavy atom. The number of nitro groups is 1. The highest BCUT2D eigenvalue weighted by atomic mass is 32.2. The molecule has 134 valence electrons. The van der Waals surface area contributed by atoms with Gasteiger partial charge in [0.15, 0.2) is 0 Å². The molecule has 1 saturated heterocycles. The molecule has 1 amide bonds. The van der Waals surface area contributed by atoms with E-state index < -0.39 is 14.9 Å². The molecule has 0 aromatic carbocycles. The molecule has 0 bridgehead atoms. The summed E-state index contributed by atoms with van der Waals surface area (Å²) < 4.78 is 27.7. The van der Waals surface area contributed by atoms with Gasteiger partial charge in [0.05, 0.1) is 17.4 Å². The molecular formula is C13H15N5O5S2. The molecule has 25 heavy (non-hydrogen) atoms. The van der Waals surface area contributed by atoms with Crippen LogP contribution in [-0.2, 0) is 21.4 Å². The Kier molecular flexibility index (Phi) is 4.83. The number of aromatic nitrogens is 2. The second-order valence-electron chi connectivity index (χ2n) is 5.35. The average Bonchev–Trinajstić information content (AvgIpc) is 3.27. The van der Waals surface area contributed by atoms with Crippen molar-refractivity contribution < 1.29 is 18.1 Å². The Morgan fingerprint density at radius 1 is 1.28 bits per heavy atom. The molecule has 0 N–H and O–H groups in total. The summed E-state index contributed by atoms with van der Waals surface area (Å²) in [7, 11) is -3.51. The zero-order valence-electron chi connectivity index (χ0n) is 13.0. The third-order valence-corrected chi connectivity index (χ3v) is 7.06. The van der Waals surface area contributed by atoms with Crippen LogP contribution in [0.1, 0.15) is 0 Å². The molecule has 12 heteroatoms. The molecule has 2 aromatic rings. The van der Waals surface area contributed by atoms with Crippen molar-refractivity contribution in [2.24, 2.45) is 0 Å². The first kappa shape index (κ1) is 17.5. The zero-order chi connectivity index (χ0) is 18.0. The topological polar surface area (TPSA) is 119 Å². The van der Waals surface area contributed by atoms with Crippen LogP contribution in [0.3, 0.4) is 0 Å². The van der Waals surface area contributed by atoms with Gasteiger partial charge in [-0.3, -0.25) is 4.79 Å². The molecule has 3 heterocycles. The molecule has 10 nitrogen and oxygen atoms in total. The van der Waals surface area contributed by atoms with Gasteiger partial charge in [0.2, 0.25) is 5.91 Å². The second-order valence-corrected chi connectivity index (χ2v) is 8.46. The van der Waals surface area contributed by atoms with Crippen molar-refractivity contribution in [1.82, 2.24) is 19.0 Å². The van der Waals surface area contributed by atoms with Crippen molar-refractivity contribution in [3.63, 3.8) is 0 Å². The van der Waals surface area contributed by atoms with Gasteiger partial charge in [-0.2, -0.15) is 8.99 Å². The lowest BCUT2D eigenvalue weighted by Gasteiger charge is -2.33. The molecule has 0 atom stereocenters. The zero-order valence-corrected chi connectivity index (χ0v) is 14.6. The van der Waals surface area contributed by atoms with Crippen LogP contribution in [-0.4, -0.2) is 64.4 Å². The molecule has 0 radical (unpaired) electrons. The lowest BCUT2D eigenvalue weighted by Crippen LogP contribution is -2.51. The van der Waals surface area contributed by atoms with Crippen LogP contribution in [0.25, 0.3) is 0 Å². The summed E-state index contributed by atoms with van der Waals surface area (Å²) in [6, 6.07) is 4.46. The third kappa shape index (κ3) is 3.70. The van der Waals surface area contributed by atoms with Crippen molar-refractivity contribution in [2.75, 3.05) is 26.2 Å². The normalized spacial score (nSPS) is 16.1. The van der Waals surface area contributed by atoms with Crippen LogP contribution in [0.2, 0.25) is 0 Å². The van der Waals surface area contributed by atoms with E-state index in [4.69, 9.17) is 0 Å². The minimum absolute atomic E-state index is 0.120. The van der Waals surface area contributed by atoms with E-state index in [1.54, 1.807) is 17.5 Å². The van der Waals surface area contributed by atoms with Crippen molar-refractivity contribution in [1.29, 1.82) is 0 Å². The number of hydrogen-bond acceptors (Lipinski definition) is 7. The highest BCUT2D eigenvalue weighted by Crippen LogP contribution is 2.22. The standard InChI is InChI=1S/C13H15N5O5S2/c19-12(10-16-4-3-11(14-16)18(20)21)15-5-7-17(8-6-15)25(22,23)13-2-1-9-24-13/h1-4,9H,5-8,10H2. The summed E-state index contributed by atoms with van der Waals surface area (Å²) in [5.41, 5.74) is 0. The summed E-state index contributed by atoms with van der Waals surface area (Å²) in [6.45, 7) is 0.849. The maximum absolute atomic E-state index is 12.4. The Labute approximate surface area is 147 Å². The summed E-state index contributed by atoms with van der Waals surface area (Å²) in [5.74, 6) is -0.578. The molecule has 2 aromatic heterocycles. The number of hydrogen-bond donors (Lipinski definition) is 0. The quantitative estimate of drug-likeness (QED) is 0.542. The number of sulfonamides is 1. The van der Waals surface area contributed by atoms with E-state index in [0.717, 1.165) is 11.3 Å². The van der Waals surface area contributed by atoms with Crippen molar-refractivity contribution in [3.8, 4) is 0 Å². The Morgan fingerprint density at radius 3 is 2.56 bits per heavy atom. The molecule has 1 aliphatic heterocycles. The molecule has 1 aliphatic rings. The predicted molar refractivity (Wildman–Crippen MR) is 88.5 cm³/mol. The Balaban J connectivity index is 1.58. The Hall–Kier alpha value is -2.31. The highest BCUT2D eigenvalue weighted by molar-refractivity contribution is 7.91. The summed E-state index contributed by atoms with van der Waals surface area (Å²) in [6.07, 6.45) is 1.37. The van der Waals surface area contributed by atoms with Crippen molar-refractivity contribution in [3.05, 3.63) is 39.9 Å². The average molecular weight is 385 g/mol. The molecule has 3 rings (SSSR count). The number of thiophene rings is 1. The van der Waals surface area contributed by atoms with E-state index >= 15 is 0 Å². The van der Waals surface area contributed by atoms with E-state index in [0.29, 0.717) is 0 Å². The maximum atomic E-state index is 12.4. The summed E-state index contributed by atoms with van der Waals surface area (Å²) in [5, 5.41) is 16.0. The van der Waals surface area contributed by atoms with E-state index in [1.165, 1.54) is 26.2 Å². The number of piperazine rings is 1. The summed E-state index contributed by atoms with van der Waals surface area (Å²) >= 11 is 1.16. The number of carbonyl (C=O) groups is 1. The third-order valence-electron chi connectivity index (χ3n) is 3.79. The maximum Gasteiger partial charge on any atom is 0.389 e. The van der Waals surface area contributed by atoms with Crippen molar-refractivity contribution >= 4 is 33.1 Å². The largest absolute Gasteiger partial charge is 0.389 e. The van der Waals surface area contributed by atoms with Crippen LogP contribution >= 0.6 is 11.3 Å². The van der Waals surface area contributed by atoms with Crippen molar-refractivity contribution in [2.45, 2.75) is 10.8 Å². The fraction of sp³-hybridized carbons (Fsp3) is 0.385. The van der Waals surface area contributed by atoms with Gasteiger partial charge in [-0.05, 0) is 16.4 Å². The van der Waals surface area contributed by atoms with E-state index in [2.05, 4.69) is 5.10 Å². The van der Waals surface area contributed by atoms with Gasteiger partial charge in [0.25, 0.3) is 10.0 Å². The fourth-order valence-electron chi connectivity index (χ4n) is 2.49. The first-order chi connectivity index (χ1) is 11.9. The van der Waals surface area contributed by atoms with E-state index in [9.17, 15) is 23.3 Å². The van der Waals surface area contributed by atoms with Crippen LogP contribution in [0, 0.1) is 10.1 Å². The smallest absolute Gasteiger partial charge is 0.358 e. The van der Waals surface area contributed by atoms with Gasteiger partial charge in [0.1, 0.15) is 10.8 Å². The molecule has 0 aliphatic carbocycles. The minimum Gasteiger partial charge on any atom is -0.358 e. The first-order valence-corrected chi connectivity index (χ1v) is 9.69. The van der Waals surface area contributed by atoms with Gasteiger partial charge in [-0.15, -0.1) is 11.3 Å². The summed E-state index contributed by atoms with van der Waals surface area (Å²) in [4.78, 5) is 23.8. The highest BCUT2D eigenvalue weighted by Gasteiger charge is 2.31. The van der Waals surface area contributed by atoms with Crippen LogP contribution < -0.4 is 0 Å². The van der Waals surface area contributed by atoms with Gasteiger partial charge in [0, 0.05) is 26.2 Å². The first-order valence-electron chi connectivity index (χ1n) is 7.37. The Bertz CT molecular complexity index is 869. The van der Waals surface area contributed by atoms with Gasteiger partial charge >= 0.3 is 5.82 Å². The molecule has 0 saturated carbocycles. The van der Waals surface area contributed by atoms with E-state index in [-0.39, 0.29) is 48.7 Å².